The van der Waals surface area contributed by atoms with Gasteiger partial charge in [-0.1, -0.05) is 23.3 Å². The minimum Gasteiger partial charge on any atom is -0.545 e. The van der Waals surface area contributed by atoms with Gasteiger partial charge in [0.2, 0.25) is 0 Å². The maximum absolute atomic E-state index is 10.4. The minimum atomic E-state index is -1.23. The van der Waals surface area contributed by atoms with Crippen LogP contribution in [0, 0.1) is 13.8 Å². The van der Waals surface area contributed by atoms with Crippen LogP contribution in [-0.4, -0.2) is 11.9 Å². The predicted molar refractivity (Wildman–Crippen MR) is 79.8 cm³/mol. The second kappa shape index (κ2) is 8.90. The molecule has 0 unspecified atom stereocenters. The number of hydrogen-bond acceptors (Lipinski definition) is 6. The third kappa shape index (κ3) is 6.08. The molecule has 116 valence electrons. The number of rotatable bonds is 2. The first-order valence-corrected chi connectivity index (χ1v) is 6.37. The van der Waals surface area contributed by atoms with Crippen molar-refractivity contribution in [1.82, 2.24) is 0 Å². The molecule has 4 N–H and O–H groups in total. The number of carboxylic acid groups (broad SMARTS) is 2. The molecule has 2 aromatic carbocycles. The van der Waals surface area contributed by atoms with E-state index in [2.05, 4.69) is 0 Å². The van der Waals surface area contributed by atoms with Gasteiger partial charge in [0.25, 0.3) is 0 Å². The summed E-state index contributed by atoms with van der Waals surface area (Å²) in [4.78, 5) is 20.8. The number of carbonyl (C=O) groups excluding carboxylic acids is 2. The molecule has 0 spiro atoms. The summed E-state index contributed by atoms with van der Waals surface area (Å²) >= 11 is 0. The average Bonchev–Trinajstić information content (AvgIpc) is 2.44. The van der Waals surface area contributed by atoms with E-state index in [4.69, 9.17) is 11.5 Å². The standard InChI is InChI=1S/2C8H9NO2.Zn/c2*1-5-2-3-7(9)6(4-5)8(10)11;/h2*2-4H,9H2,1H3,(H,10,11);/q;;+2/p-2. The second-order valence-corrected chi connectivity index (χ2v) is 4.76. The zero-order valence-corrected chi connectivity index (χ0v) is 15.9. The van der Waals surface area contributed by atoms with Crippen molar-refractivity contribution >= 4 is 23.3 Å². The Balaban J connectivity index is 0.000000403. The van der Waals surface area contributed by atoms with Crippen LogP contribution in [0.3, 0.4) is 0 Å². The fourth-order valence-electron chi connectivity index (χ4n) is 1.69. The van der Waals surface area contributed by atoms with Crippen molar-refractivity contribution < 1.29 is 39.3 Å². The molecule has 2 rings (SSSR count). The maximum atomic E-state index is 10.4. The summed E-state index contributed by atoms with van der Waals surface area (Å²) in [5.74, 6) is -2.46. The minimum absolute atomic E-state index is 0. The van der Waals surface area contributed by atoms with Crippen LogP contribution in [0.4, 0.5) is 11.4 Å². The van der Waals surface area contributed by atoms with Crippen molar-refractivity contribution in [3.05, 3.63) is 58.7 Å². The number of carbonyl (C=O) groups is 2. The Morgan fingerprint density at radius 1 is 0.783 bits per heavy atom. The number of aromatic carboxylic acids is 2. The van der Waals surface area contributed by atoms with Gasteiger partial charge in [0, 0.05) is 22.5 Å². The summed E-state index contributed by atoms with van der Waals surface area (Å²) in [7, 11) is 0. The van der Waals surface area contributed by atoms with E-state index in [1.807, 2.05) is 0 Å². The zero-order valence-electron chi connectivity index (χ0n) is 13.0. The van der Waals surface area contributed by atoms with Crippen molar-refractivity contribution in [2.45, 2.75) is 13.8 Å². The summed E-state index contributed by atoms with van der Waals surface area (Å²) < 4.78 is 0. The Morgan fingerprint density at radius 2 is 1.09 bits per heavy atom. The summed E-state index contributed by atoms with van der Waals surface area (Å²) in [6.07, 6.45) is 0. The van der Waals surface area contributed by atoms with Crippen molar-refractivity contribution in [2.75, 3.05) is 11.5 Å². The molecular weight excluding hydrogens is 350 g/mol. The first kappa shape index (κ1) is 20.6. The van der Waals surface area contributed by atoms with E-state index in [-0.39, 0.29) is 42.0 Å². The summed E-state index contributed by atoms with van der Waals surface area (Å²) in [5.41, 5.74) is 13.1. The normalized spacial score (nSPS) is 9.13. The van der Waals surface area contributed by atoms with Gasteiger partial charge in [-0.05, 0) is 38.1 Å². The first-order chi connectivity index (χ1) is 10.2. The molecule has 0 fully saturated rings. The Morgan fingerprint density at radius 3 is 1.30 bits per heavy atom. The Hall–Kier alpha value is -2.40. The van der Waals surface area contributed by atoms with Crippen LogP contribution in [0.2, 0.25) is 0 Å². The summed E-state index contributed by atoms with van der Waals surface area (Å²) in [6.45, 7) is 3.60. The average molecular weight is 366 g/mol. The van der Waals surface area contributed by atoms with Gasteiger partial charge in [0.05, 0.1) is 11.9 Å². The van der Waals surface area contributed by atoms with Gasteiger partial charge in [-0.25, -0.2) is 0 Å². The van der Waals surface area contributed by atoms with E-state index < -0.39 is 11.9 Å². The molecule has 0 aromatic heterocycles. The fourth-order valence-corrected chi connectivity index (χ4v) is 1.69. The molecule has 0 aliphatic carbocycles. The molecule has 23 heavy (non-hydrogen) atoms. The molecule has 6 nitrogen and oxygen atoms in total. The number of nitrogens with two attached hydrogens (primary N) is 2. The largest absolute Gasteiger partial charge is 2.00 e. The second-order valence-electron chi connectivity index (χ2n) is 4.76. The Kier molecular flexibility index (Phi) is 7.98. The SMILES string of the molecule is Cc1ccc(N)c(C(=O)[O-])c1.Cc1ccc(N)c(C(=O)[O-])c1.[Zn+2]. The molecule has 0 amide bonds. The van der Waals surface area contributed by atoms with Crippen LogP contribution in [0.15, 0.2) is 36.4 Å². The number of hydrogen-bond donors (Lipinski definition) is 2. The molecule has 0 aliphatic heterocycles. The third-order valence-electron chi connectivity index (χ3n) is 2.86. The van der Waals surface area contributed by atoms with Gasteiger partial charge in [-0.15, -0.1) is 0 Å². The van der Waals surface area contributed by atoms with E-state index in [0.29, 0.717) is 0 Å². The molecular formula is C16H16N2O4Zn. The summed E-state index contributed by atoms with van der Waals surface area (Å²) in [6, 6.07) is 9.60. The number of benzene rings is 2. The maximum Gasteiger partial charge on any atom is 2.00 e. The zero-order chi connectivity index (χ0) is 16.9. The van der Waals surface area contributed by atoms with Crippen molar-refractivity contribution in [1.29, 1.82) is 0 Å². The van der Waals surface area contributed by atoms with Crippen LogP contribution >= 0.6 is 0 Å². The van der Waals surface area contributed by atoms with Crippen LogP contribution in [-0.2, 0) is 19.5 Å². The van der Waals surface area contributed by atoms with Crippen LogP contribution in [0.5, 0.6) is 0 Å². The Labute approximate surface area is 146 Å². The molecule has 0 saturated heterocycles. The predicted octanol–water partition coefficient (Wildman–Crippen LogP) is -0.121. The van der Waals surface area contributed by atoms with Gasteiger partial charge in [-0.3, -0.25) is 0 Å². The molecule has 0 aliphatic rings. The monoisotopic (exact) mass is 364 g/mol. The third-order valence-corrected chi connectivity index (χ3v) is 2.86. The van der Waals surface area contributed by atoms with E-state index in [9.17, 15) is 19.8 Å². The van der Waals surface area contributed by atoms with E-state index in [1.54, 1.807) is 38.1 Å². The van der Waals surface area contributed by atoms with Gasteiger partial charge >= 0.3 is 19.5 Å². The van der Waals surface area contributed by atoms with E-state index in [1.165, 1.54) is 12.1 Å². The van der Waals surface area contributed by atoms with Crippen LogP contribution in [0.25, 0.3) is 0 Å². The van der Waals surface area contributed by atoms with Crippen molar-refractivity contribution in [2.24, 2.45) is 0 Å². The van der Waals surface area contributed by atoms with Gasteiger partial charge in [-0.2, -0.15) is 0 Å². The number of aryl methyl sites for hydroxylation is 2. The molecule has 0 atom stereocenters. The first-order valence-electron chi connectivity index (χ1n) is 6.37. The smallest absolute Gasteiger partial charge is 0.545 e. The van der Waals surface area contributed by atoms with Gasteiger partial charge in [0.1, 0.15) is 0 Å². The number of carboxylic acids is 2. The topological polar surface area (TPSA) is 132 Å². The van der Waals surface area contributed by atoms with Crippen molar-refractivity contribution in [3.8, 4) is 0 Å². The summed E-state index contributed by atoms with van der Waals surface area (Å²) in [5, 5.41) is 20.8. The Bertz CT molecular complexity index is 656. The van der Waals surface area contributed by atoms with Crippen LogP contribution < -0.4 is 21.7 Å². The fraction of sp³-hybridized carbons (Fsp3) is 0.125. The molecule has 7 heteroatoms. The molecule has 0 saturated carbocycles. The van der Waals surface area contributed by atoms with E-state index >= 15 is 0 Å². The van der Waals surface area contributed by atoms with Crippen molar-refractivity contribution in [3.63, 3.8) is 0 Å². The molecule has 0 bridgehead atoms. The quantitative estimate of drug-likeness (QED) is 0.563. The van der Waals surface area contributed by atoms with Gasteiger partial charge < -0.3 is 31.3 Å². The molecule has 0 radical (unpaired) electrons. The molecule has 2 aromatic rings. The molecule has 0 heterocycles. The van der Waals surface area contributed by atoms with E-state index in [0.717, 1.165) is 11.1 Å². The number of anilines is 2. The van der Waals surface area contributed by atoms with Crippen LogP contribution in [0.1, 0.15) is 31.8 Å². The number of nitrogen functional groups attached to an aromatic ring is 2. The van der Waals surface area contributed by atoms with Gasteiger partial charge in [0.15, 0.2) is 0 Å².